The zero-order valence-corrected chi connectivity index (χ0v) is 20.4. The maximum absolute atomic E-state index is 13.6. The van der Waals surface area contributed by atoms with Gasteiger partial charge in [0.2, 0.25) is 5.91 Å². The average Bonchev–Trinajstić information content (AvgIpc) is 2.97. The van der Waals surface area contributed by atoms with E-state index >= 15 is 0 Å². The summed E-state index contributed by atoms with van der Waals surface area (Å²) in [6, 6.07) is 25.0. The third-order valence-corrected chi connectivity index (χ3v) is 6.66. The van der Waals surface area contributed by atoms with Crippen molar-refractivity contribution in [2.24, 2.45) is 5.41 Å². The maximum atomic E-state index is 13.6. The van der Waals surface area contributed by atoms with Crippen molar-refractivity contribution < 1.29 is 14.3 Å². The number of Topliss-reactive ketones (excluding diaryl/α,β-unsaturated/α-hetero) is 1. The van der Waals surface area contributed by atoms with Crippen LogP contribution in [0.15, 0.2) is 90.1 Å². The molecule has 35 heavy (non-hydrogen) atoms. The van der Waals surface area contributed by atoms with Crippen LogP contribution in [0.3, 0.4) is 0 Å². The molecule has 1 unspecified atom stereocenters. The molecule has 1 amide bonds. The minimum Gasteiger partial charge on any atom is -0.489 e. The molecule has 1 atom stereocenters. The number of para-hydroxylation sites is 2. The van der Waals surface area contributed by atoms with Crippen LogP contribution in [0.25, 0.3) is 0 Å². The Balaban J connectivity index is 1.62. The maximum Gasteiger partial charge on any atom is 0.224 e. The van der Waals surface area contributed by atoms with E-state index in [9.17, 15) is 9.59 Å². The number of carbonyl (C=O) groups excluding carboxylic acids is 2. The van der Waals surface area contributed by atoms with Gasteiger partial charge in [0.05, 0.1) is 17.4 Å². The minimum atomic E-state index is -0.539. The van der Waals surface area contributed by atoms with Crippen molar-refractivity contribution in [1.29, 1.82) is 0 Å². The Morgan fingerprint density at radius 1 is 1.00 bits per heavy atom. The van der Waals surface area contributed by atoms with Crippen molar-refractivity contribution in [2.75, 3.05) is 10.2 Å². The molecule has 0 saturated heterocycles. The monoisotopic (exact) mass is 466 g/mol. The first-order chi connectivity index (χ1) is 16.8. The van der Waals surface area contributed by atoms with Crippen LogP contribution >= 0.6 is 0 Å². The van der Waals surface area contributed by atoms with Gasteiger partial charge < -0.3 is 10.1 Å². The first-order valence-electron chi connectivity index (χ1n) is 12.0. The normalized spacial score (nSPS) is 18.8. The zero-order chi connectivity index (χ0) is 24.6. The molecule has 1 heterocycles. The second kappa shape index (κ2) is 9.06. The number of allylic oxidation sites excluding steroid dienone is 1. The van der Waals surface area contributed by atoms with E-state index in [4.69, 9.17) is 4.74 Å². The molecule has 2 aliphatic rings. The molecule has 0 spiro atoms. The highest BCUT2D eigenvalue weighted by Crippen LogP contribution is 2.48. The van der Waals surface area contributed by atoms with Gasteiger partial charge in [-0.15, -0.1) is 0 Å². The van der Waals surface area contributed by atoms with Crippen molar-refractivity contribution in [3.05, 3.63) is 101 Å². The fraction of sp³-hybridized carbons (Fsp3) is 0.267. The summed E-state index contributed by atoms with van der Waals surface area (Å²) in [6.45, 7) is 6.23. The summed E-state index contributed by atoms with van der Waals surface area (Å²) in [5.41, 5.74) is 4.92. The van der Waals surface area contributed by atoms with E-state index in [1.165, 1.54) is 0 Å². The predicted molar refractivity (Wildman–Crippen MR) is 138 cm³/mol. The van der Waals surface area contributed by atoms with Crippen LogP contribution in [-0.4, -0.2) is 11.7 Å². The first-order valence-corrected chi connectivity index (χ1v) is 12.0. The third-order valence-electron chi connectivity index (χ3n) is 6.66. The Kier molecular flexibility index (Phi) is 5.93. The Hall–Kier alpha value is -3.86. The smallest absolute Gasteiger partial charge is 0.224 e. The molecule has 1 N–H and O–H groups in total. The van der Waals surface area contributed by atoms with E-state index in [-0.39, 0.29) is 17.1 Å². The minimum absolute atomic E-state index is 0.0726. The molecular formula is C30H30N2O3. The highest BCUT2D eigenvalue weighted by atomic mass is 16.5. The standard InChI is InChI=1S/C30H30N2O3/c1-20(33)32-26-15-8-7-14-24(26)31-25-17-30(2,3)18-27(34)28(25)29(32)22-12-9-13-23(16-22)35-19-21-10-5-4-6-11-21/h4-16,29,31H,17-19H2,1-3H3. The van der Waals surface area contributed by atoms with E-state index in [1.807, 2.05) is 78.9 Å². The van der Waals surface area contributed by atoms with Crippen molar-refractivity contribution in [1.82, 2.24) is 0 Å². The molecule has 178 valence electrons. The molecule has 0 aromatic heterocycles. The molecule has 5 nitrogen and oxygen atoms in total. The SMILES string of the molecule is CC(=O)N1c2ccccc2NC2=C(C(=O)CC(C)(C)C2)C1c1cccc(OCc2ccccc2)c1. The number of ether oxygens (including phenoxy) is 1. The lowest BCUT2D eigenvalue weighted by Crippen LogP contribution is -2.38. The summed E-state index contributed by atoms with van der Waals surface area (Å²) in [5, 5.41) is 3.53. The molecule has 1 aliphatic carbocycles. The van der Waals surface area contributed by atoms with E-state index in [2.05, 4.69) is 19.2 Å². The number of hydrogen-bond donors (Lipinski definition) is 1. The molecule has 5 rings (SSSR count). The summed E-state index contributed by atoms with van der Waals surface area (Å²) in [6.07, 6.45) is 1.17. The largest absolute Gasteiger partial charge is 0.489 e. The van der Waals surface area contributed by atoms with Crippen molar-refractivity contribution in [2.45, 2.75) is 46.3 Å². The molecule has 3 aromatic rings. The predicted octanol–water partition coefficient (Wildman–Crippen LogP) is 6.43. The van der Waals surface area contributed by atoms with Gasteiger partial charge in [-0.25, -0.2) is 0 Å². The van der Waals surface area contributed by atoms with Gasteiger partial charge in [-0.05, 0) is 47.2 Å². The molecule has 5 heteroatoms. The van der Waals surface area contributed by atoms with Crippen LogP contribution in [0.1, 0.15) is 50.8 Å². The average molecular weight is 467 g/mol. The van der Waals surface area contributed by atoms with Gasteiger partial charge in [0, 0.05) is 24.6 Å². The number of carbonyl (C=O) groups is 2. The van der Waals surface area contributed by atoms with Gasteiger partial charge >= 0.3 is 0 Å². The van der Waals surface area contributed by atoms with E-state index in [1.54, 1.807) is 11.8 Å². The Labute approximate surface area is 206 Å². The molecule has 0 bridgehead atoms. The Morgan fingerprint density at radius 2 is 1.74 bits per heavy atom. The fourth-order valence-electron chi connectivity index (χ4n) is 5.17. The number of hydrogen-bond acceptors (Lipinski definition) is 4. The van der Waals surface area contributed by atoms with E-state index in [0.29, 0.717) is 24.4 Å². The van der Waals surface area contributed by atoms with Crippen LogP contribution in [-0.2, 0) is 16.2 Å². The van der Waals surface area contributed by atoms with Crippen molar-refractivity contribution in [3.63, 3.8) is 0 Å². The lowest BCUT2D eigenvalue weighted by molar-refractivity contribution is -0.118. The van der Waals surface area contributed by atoms with Gasteiger partial charge in [0.1, 0.15) is 12.4 Å². The number of anilines is 2. The van der Waals surface area contributed by atoms with Gasteiger partial charge in [0.25, 0.3) is 0 Å². The highest BCUT2D eigenvalue weighted by molar-refractivity contribution is 6.05. The molecule has 1 aliphatic heterocycles. The quantitative estimate of drug-likeness (QED) is 0.481. The lowest BCUT2D eigenvalue weighted by Gasteiger charge is -2.36. The van der Waals surface area contributed by atoms with Crippen LogP contribution < -0.4 is 15.0 Å². The van der Waals surface area contributed by atoms with E-state index in [0.717, 1.165) is 34.6 Å². The molecule has 0 radical (unpaired) electrons. The number of nitrogens with zero attached hydrogens (tertiary/aromatic N) is 1. The lowest BCUT2D eigenvalue weighted by atomic mass is 9.73. The first kappa shape index (κ1) is 22.9. The fourth-order valence-corrected chi connectivity index (χ4v) is 5.17. The number of fused-ring (bicyclic) bond motifs is 1. The van der Waals surface area contributed by atoms with Gasteiger partial charge in [-0.1, -0.05) is 68.4 Å². The van der Waals surface area contributed by atoms with Gasteiger partial charge in [0.15, 0.2) is 5.78 Å². The van der Waals surface area contributed by atoms with Crippen LogP contribution in [0.2, 0.25) is 0 Å². The summed E-state index contributed by atoms with van der Waals surface area (Å²) >= 11 is 0. The zero-order valence-electron chi connectivity index (χ0n) is 20.4. The second-order valence-electron chi connectivity index (χ2n) is 10.1. The molecular weight excluding hydrogens is 436 g/mol. The summed E-state index contributed by atoms with van der Waals surface area (Å²) < 4.78 is 6.10. The number of rotatable bonds is 4. The molecule has 0 fully saturated rings. The highest BCUT2D eigenvalue weighted by Gasteiger charge is 2.42. The number of benzene rings is 3. The Bertz CT molecular complexity index is 1310. The van der Waals surface area contributed by atoms with Crippen molar-refractivity contribution >= 4 is 23.1 Å². The summed E-state index contributed by atoms with van der Waals surface area (Å²) in [5.74, 6) is 0.653. The van der Waals surface area contributed by atoms with Crippen LogP contribution in [0.5, 0.6) is 5.75 Å². The van der Waals surface area contributed by atoms with Crippen molar-refractivity contribution in [3.8, 4) is 5.75 Å². The third kappa shape index (κ3) is 4.59. The van der Waals surface area contributed by atoms with E-state index < -0.39 is 6.04 Å². The number of amides is 1. The topological polar surface area (TPSA) is 58.6 Å². The summed E-state index contributed by atoms with van der Waals surface area (Å²) in [7, 11) is 0. The molecule has 3 aromatic carbocycles. The Morgan fingerprint density at radius 3 is 2.51 bits per heavy atom. The molecule has 0 saturated carbocycles. The van der Waals surface area contributed by atoms with Crippen LogP contribution in [0.4, 0.5) is 11.4 Å². The van der Waals surface area contributed by atoms with Gasteiger partial charge in [-0.3, -0.25) is 14.5 Å². The van der Waals surface area contributed by atoms with Crippen LogP contribution in [0, 0.1) is 5.41 Å². The summed E-state index contributed by atoms with van der Waals surface area (Å²) in [4.78, 5) is 28.5. The number of nitrogens with one attached hydrogen (secondary N) is 1. The second-order valence-corrected chi connectivity index (χ2v) is 10.1. The number of ketones is 1. The van der Waals surface area contributed by atoms with Gasteiger partial charge in [-0.2, -0.15) is 0 Å².